The summed E-state index contributed by atoms with van der Waals surface area (Å²) in [7, 11) is 0. The van der Waals surface area contributed by atoms with Crippen LogP contribution in [0.4, 0.5) is 11.4 Å². The Morgan fingerprint density at radius 1 is 0.971 bits per heavy atom. The molecule has 5 aliphatic rings. The molecule has 178 valence electrons. The summed E-state index contributed by atoms with van der Waals surface area (Å²) in [6.07, 6.45) is 5.33. The quantitative estimate of drug-likeness (QED) is 0.285. The van der Waals surface area contributed by atoms with Crippen LogP contribution in [-0.4, -0.2) is 34.2 Å². The summed E-state index contributed by atoms with van der Waals surface area (Å²) in [5.74, 6) is -0.280. The molecular formula is C27H25N3O5. The predicted molar refractivity (Wildman–Crippen MR) is 127 cm³/mol. The molecule has 0 N–H and O–H groups in total. The highest BCUT2D eigenvalue weighted by molar-refractivity contribution is 6.10. The van der Waals surface area contributed by atoms with Crippen LogP contribution in [0.3, 0.4) is 0 Å². The fraction of sp³-hybridized carbons (Fsp3) is 0.370. The molecule has 2 saturated carbocycles. The second kappa shape index (κ2) is 7.60. The van der Waals surface area contributed by atoms with E-state index in [1.165, 1.54) is 34.1 Å². The van der Waals surface area contributed by atoms with Gasteiger partial charge in [-0.25, -0.2) is 0 Å². The highest BCUT2D eigenvalue weighted by Gasteiger charge is 2.67. The van der Waals surface area contributed by atoms with Crippen molar-refractivity contribution in [2.45, 2.75) is 20.3 Å². The van der Waals surface area contributed by atoms with Gasteiger partial charge < -0.3 is 0 Å². The summed E-state index contributed by atoms with van der Waals surface area (Å²) in [5.41, 5.74) is 2.72. The van der Waals surface area contributed by atoms with Crippen molar-refractivity contribution in [3.63, 3.8) is 0 Å². The number of aryl methyl sites for hydroxylation is 2. The minimum absolute atomic E-state index is 0.108. The van der Waals surface area contributed by atoms with Crippen LogP contribution in [0.15, 0.2) is 54.6 Å². The van der Waals surface area contributed by atoms with Crippen LogP contribution in [0, 0.1) is 59.5 Å². The Morgan fingerprint density at radius 2 is 1.57 bits per heavy atom. The maximum absolute atomic E-state index is 13.6. The number of allylic oxidation sites excluding steroid dienone is 2. The first kappa shape index (κ1) is 21.7. The molecule has 8 nitrogen and oxygen atoms in total. The first-order valence-corrected chi connectivity index (χ1v) is 11.9. The van der Waals surface area contributed by atoms with E-state index in [0.717, 1.165) is 17.5 Å². The van der Waals surface area contributed by atoms with Gasteiger partial charge in [-0.3, -0.25) is 34.3 Å². The zero-order valence-corrected chi connectivity index (χ0v) is 19.5. The molecule has 3 fully saturated rings. The SMILES string of the molecule is Cc1ccc(N(CN2C(=O)C3C4C=CC(C5CC45)C3C2=O)C(=O)c2ccc([N+](=O)[O-])cc2)cc1C. The third kappa shape index (κ3) is 3.23. The van der Waals surface area contributed by atoms with E-state index in [9.17, 15) is 24.5 Å². The molecule has 1 aliphatic heterocycles. The average Bonchev–Trinajstić information content (AvgIpc) is 3.64. The van der Waals surface area contributed by atoms with E-state index in [1.54, 1.807) is 6.07 Å². The van der Waals surface area contributed by atoms with Crippen molar-refractivity contribution in [1.82, 2.24) is 4.90 Å². The molecule has 0 aromatic heterocycles. The third-order valence-electron chi connectivity index (χ3n) is 8.41. The van der Waals surface area contributed by atoms with Crippen molar-refractivity contribution in [2.75, 3.05) is 11.6 Å². The largest absolute Gasteiger partial charge is 0.290 e. The van der Waals surface area contributed by atoms with Crippen LogP contribution in [0.2, 0.25) is 0 Å². The number of nitro benzene ring substituents is 1. The van der Waals surface area contributed by atoms with Crippen molar-refractivity contribution >= 4 is 29.1 Å². The molecule has 4 aliphatic carbocycles. The molecule has 1 heterocycles. The van der Waals surface area contributed by atoms with Crippen LogP contribution < -0.4 is 4.90 Å². The fourth-order valence-corrected chi connectivity index (χ4v) is 6.34. The Balaban J connectivity index is 1.34. The van der Waals surface area contributed by atoms with Crippen LogP contribution in [-0.2, 0) is 9.59 Å². The molecule has 0 radical (unpaired) electrons. The van der Waals surface area contributed by atoms with E-state index in [1.807, 2.05) is 26.0 Å². The monoisotopic (exact) mass is 471 g/mol. The molecule has 8 heteroatoms. The third-order valence-corrected chi connectivity index (χ3v) is 8.41. The van der Waals surface area contributed by atoms with Crippen LogP contribution in [0.25, 0.3) is 0 Å². The lowest BCUT2D eigenvalue weighted by molar-refractivity contribution is -0.384. The summed E-state index contributed by atoms with van der Waals surface area (Å²) in [4.78, 5) is 53.9. The van der Waals surface area contributed by atoms with Crippen molar-refractivity contribution in [3.05, 3.63) is 81.4 Å². The number of rotatable bonds is 5. The highest BCUT2D eigenvalue weighted by Crippen LogP contribution is 2.65. The van der Waals surface area contributed by atoms with E-state index < -0.39 is 10.8 Å². The molecule has 2 aromatic rings. The number of hydrogen-bond donors (Lipinski definition) is 0. The zero-order chi connectivity index (χ0) is 24.6. The van der Waals surface area contributed by atoms with Crippen molar-refractivity contribution in [2.24, 2.45) is 35.5 Å². The van der Waals surface area contributed by atoms with E-state index in [0.29, 0.717) is 17.5 Å². The van der Waals surface area contributed by atoms with Crippen molar-refractivity contribution in [1.29, 1.82) is 0 Å². The number of amides is 3. The Morgan fingerprint density at radius 3 is 2.11 bits per heavy atom. The number of nitrogens with zero attached hydrogens (tertiary/aromatic N) is 3. The fourth-order valence-electron chi connectivity index (χ4n) is 6.34. The lowest BCUT2D eigenvalue weighted by atomic mass is 9.63. The second-order valence-corrected chi connectivity index (χ2v) is 10.2. The van der Waals surface area contributed by atoms with Gasteiger partial charge in [0.2, 0.25) is 11.8 Å². The lowest BCUT2D eigenvalue weighted by Gasteiger charge is -2.37. The van der Waals surface area contributed by atoms with Crippen LogP contribution in [0.1, 0.15) is 27.9 Å². The molecule has 35 heavy (non-hydrogen) atoms. The first-order chi connectivity index (χ1) is 16.8. The van der Waals surface area contributed by atoms with Gasteiger partial charge in [-0.15, -0.1) is 0 Å². The highest BCUT2D eigenvalue weighted by atomic mass is 16.6. The smallest absolute Gasteiger partial charge is 0.269 e. The predicted octanol–water partition coefficient (Wildman–Crippen LogP) is 3.87. The molecule has 7 rings (SSSR count). The van der Waals surface area contributed by atoms with Gasteiger partial charge in [0.15, 0.2) is 0 Å². The number of anilines is 1. The minimum atomic E-state index is -0.522. The van der Waals surface area contributed by atoms with Gasteiger partial charge in [0, 0.05) is 23.4 Å². The van der Waals surface area contributed by atoms with E-state index in [-0.39, 0.29) is 53.4 Å². The number of non-ortho nitro benzene ring substituents is 1. The first-order valence-electron chi connectivity index (χ1n) is 11.9. The standard InChI is InChI=1S/C27H25N3O5/c1-14-3-6-18(11-15(14)2)28(25(31)16-4-7-17(8-5-16)30(34)35)13-29-26(32)23-19-9-10-20(22-12-21(19)22)24(23)27(29)33/h3-11,19-24H,12-13H2,1-2H3. The van der Waals surface area contributed by atoms with Gasteiger partial charge in [-0.1, -0.05) is 18.2 Å². The Bertz CT molecular complexity index is 1280. The molecule has 1 saturated heterocycles. The molecule has 2 bridgehead atoms. The maximum Gasteiger partial charge on any atom is 0.269 e. The minimum Gasteiger partial charge on any atom is -0.290 e. The van der Waals surface area contributed by atoms with Crippen LogP contribution >= 0.6 is 0 Å². The molecular weight excluding hydrogens is 446 g/mol. The number of nitro groups is 1. The lowest BCUT2D eigenvalue weighted by Crippen LogP contribution is -2.45. The molecule has 3 amide bonds. The van der Waals surface area contributed by atoms with E-state index in [2.05, 4.69) is 12.2 Å². The number of carbonyl (C=O) groups is 3. The van der Waals surface area contributed by atoms with Gasteiger partial charge in [0.25, 0.3) is 11.6 Å². The summed E-state index contributed by atoms with van der Waals surface area (Å²) < 4.78 is 0. The van der Waals surface area contributed by atoms with Gasteiger partial charge in [-0.2, -0.15) is 0 Å². The number of hydrogen-bond acceptors (Lipinski definition) is 5. The molecule has 6 atom stereocenters. The second-order valence-electron chi connectivity index (χ2n) is 10.2. The normalized spacial score (nSPS) is 29.7. The average molecular weight is 472 g/mol. The van der Waals surface area contributed by atoms with Gasteiger partial charge >= 0.3 is 0 Å². The van der Waals surface area contributed by atoms with Crippen molar-refractivity contribution in [3.8, 4) is 0 Å². The zero-order valence-electron chi connectivity index (χ0n) is 19.5. The summed E-state index contributed by atoms with van der Waals surface area (Å²) in [6, 6.07) is 10.9. The van der Waals surface area contributed by atoms with Crippen molar-refractivity contribution < 1.29 is 19.3 Å². The van der Waals surface area contributed by atoms with Gasteiger partial charge in [-0.05, 0) is 79.3 Å². The van der Waals surface area contributed by atoms with E-state index in [4.69, 9.17) is 0 Å². The Hall–Kier alpha value is -3.81. The van der Waals surface area contributed by atoms with E-state index >= 15 is 0 Å². The molecule has 2 aromatic carbocycles. The van der Waals surface area contributed by atoms with Gasteiger partial charge in [0.1, 0.15) is 6.67 Å². The maximum atomic E-state index is 13.6. The number of likely N-dealkylation sites (tertiary alicyclic amines) is 1. The topological polar surface area (TPSA) is 101 Å². The summed E-state index contributed by atoms with van der Waals surface area (Å²) in [6.45, 7) is 3.72. The Labute approximate surface area is 202 Å². The molecule has 0 spiro atoms. The van der Waals surface area contributed by atoms with Gasteiger partial charge in [0.05, 0.1) is 16.8 Å². The van der Waals surface area contributed by atoms with Crippen LogP contribution in [0.5, 0.6) is 0 Å². The number of carbonyl (C=O) groups excluding carboxylic acids is 3. The summed E-state index contributed by atoms with van der Waals surface area (Å²) in [5, 5.41) is 11.0. The number of benzene rings is 2. The summed E-state index contributed by atoms with van der Waals surface area (Å²) >= 11 is 0. The Kier molecular flexibility index (Phi) is 4.71. The molecule has 6 unspecified atom stereocenters. The number of imide groups is 1.